The van der Waals surface area contributed by atoms with Crippen LogP contribution in [0.25, 0.3) is 40.3 Å². The van der Waals surface area contributed by atoms with Gasteiger partial charge in [-0.1, -0.05) is 124 Å². The third-order valence-corrected chi connectivity index (χ3v) is 24.4. The summed E-state index contributed by atoms with van der Waals surface area (Å²) >= 11 is 3.88. The van der Waals surface area contributed by atoms with Crippen molar-refractivity contribution in [2.45, 2.75) is 136 Å². The van der Waals surface area contributed by atoms with Gasteiger partial charge >= 0.3 is 0 Å². The van der Waals surface area contributed by atoms with Gasteiger partial charge in [-0.15, -0.1) is 22.7 Å². The molecular weight excluding hydrogens is 1030 g/mol. The lowest BCUT2D eigenvalue weighted by molar-refractivity contribution is 0.194. The molecule has 2 saturated carbocycles. The summed E-state index contributed by atoms with van der Waals surface area (Å²) in [6.07, 6.45) is 9.72. The van der Waals surface area contributed by atoms with Gasteiger partial charge in [-0.25, -0.2) is 0 Å². The van der Waals surface area contributed by atoms with Gasteiger partial charge in [0.25, 0.3) is 6.71 Å². The molecule has 4 aliphatic heterocycles. The van der Waals surface area contributed by atoms with Crippen LogP contribution in [0.3, 0.4) is 0 Å². The molecule has 6 aliphatic rings. The SMILES string of the molecule is Cc1cc2c3c(c1)N(c1cccc4c1sc1ccccc14)c1cc(N4c5cc(C)cc(C)c5C5(C)CCCCC45C)ccc1B3c1ccc(N3c4cc(C)cc(C)c4C4(C)CCCCC34C)cc1N2c1cccc2c1sc1ccccc12. The molecule has 0 saturated heterocycles. The third-order valence-electron chi connectivity index (χ3n) is 22.0. The van der Waals surface area contributed by atoms with Crippen molar-refractivity contribution in [3.63, 3.8) is 0 Å². The molecule has 17 rings (SSSR count). The van der Waals surface area contributed by atoms with Crippen molar-refractivity contribution in [2.24, 2.45) is 0 Å². The summed E-state index contributed by atoms with van der Waals surface area (Å²) in [5.41, 5.74) is 26.8. The Kier molecular flexibility index (Phi) is 10.2. The average molecular weight is 1100 g/mol. The van der Waals surface area contributed by atoms with E-state index in [1.807, 2.05) is 22.7 Å². The molecule has 7 heteroatoms. The number of benzene rings is 9. The third kappa shape index (κ3) is 6.24. The Morgan fingerprint density at radius 1 is 0.378 bits per heavy atom. The lowest BCUT2D eigenvalue weighted by atomic mass is 9.33. The van der Waals surface area contributed by atoms with E-state index in [9.17, 15) is 0 Å². The Bertz CT molecular complexity index is 4340. The zero-order valence-electron chi connectivity index (χ0n) is 48.9. The van der Waals surface area contributed by atoms with Crippen LogP contribution in [0.1, 0.15) is 118 Å². The molecule has 4 atom stereocenters. The normalized spacial score (nSPS) is 23.1. The number of nitrogens with zero attached hydrogens (tertiary/aromatic N) is 4. The smallest absolute Gasteiger partial charge is 0.252 e. The van der Waals surface area contributed by atoms with Gasteiger partial charge in [0.2, 0.25) is 0 Å². The summed E-state index contributed by atoms with van der Waals surface area (Å²) in [5, 5.41) is 5.28. The number of thiophene rings is 2. The largest absolute Gasteiger partial charge is 0.334 e. The lowest BCUT2D eigenvalue weighted by Gasteiger charge is -2.51. The average Bonchev–Trinajstić information content (AvgIpc) is 2.03. The first-order valence-electron chi connectivity index (χ1n) is 30.4. The van der Waals surface area contributed by atoms with E-state index in [1.54, 1.807) is 11.1 Å². The van der Waals surface area contributed by atoms with Crippen LogP contribution >= 0.6 is 22.7 Å². The minimum atomic E-state index is -0.0920. The summed E-state index contributed by atoms with van der Waals surface area (Å²) < 4.78 is 5.30. The van der Waals surface area contributed by atoms with Gasteiger partial charge in [-0.2, -0.15) is 0 Å². The van der Waals surface area contributed by atoms with Crippen LogP contribution in [0.2, 0.25) is 0 Å². The first-order chi connectivity index (χ1) is 39.7. The second-order valence-corrected chi connectivity index (χ2v) is 28.7. The molecule has 82 heavy (non-hydrogen) atoms. The maximum atomic E-state index is 2.82. The molecule has 0 amide bonds. The number of rotatable bonds is 4. The van der Waals surface area contributed by atoms with Gasteiger partial charge in [0.15, 0.2) is 0 Å². The maximum Gasteiger partial charge on any atom is 0.252 e. The summed E-state index contributed by atoms with van der Waals surface area (Å²) in [5.74, 6) is 0. The van der Waals surface area contributed by atoms with Crippen LogP contribution in [0.15, 0.2) is 158 Å². The van der Waals surface area contributed by atoms with Gasteiger partial charge in [-0.3, -0.25) is 0 Å². The first-order valence-corrected chi connectivity index (χ1v) is 32.0. The van der Waals surface area contributed by atoms with Crippen LogP contribution in [0.4, 0.5) is 56.9 Å². The standard InChI is InChI=1S/C75H69BN4S2/c1-44-36-47(4)67-61(38-44)79(74(8)34-16-14-32-72(67,74)6)49-28-30-55-59(42-49)77(57-24-18-22-53-51-20-10-12-26-65(51)81-70(53)57)63-40-46(3)41-64-69(63)76(55)56-31-29-50(80-62-39-45(2)37-48(5)68(62)73(7)33-15-17-35-75(73,80)9)43-60(56)78(64)58-25-19-23-54-52-21-11-13-27-66(52)82-71(54)58/h10-13,18-31,36-43H,14-17,32-35H2,1-9H3. The van der Waals surface area contributed by atoms with E-state index in [1.165, 1.54) is 180 Å². The molecule has 0 bridgehead atoms. The van der Waals surface area contributed by atoms with Crippen molar-refractivity contribution in [1.82, 2.24) is 0 Å². The molecule has 0 N–H and O–H groups in total. The zero-order chi connectivity index (χ0) is 55.5. The fourth-order valence-corrected chi connectivity index (χ4v) is 20.7. The van der Waals surface area contributed by atoms with Crippen molar-refractivity contribution >= 4 is 143 Å². The monoisotopic (exact) mass is 1100 g/mol. The second-order valence-electron chi connectivity index (χ2n) is 26.6. The molecule has 2 aliphatic carbocycles. The van der Waals surface area contributed by atoms with Crippen LogP contribution < -0.4 is 36.0 Å². The highest BCUT2D eigenvalue weighted by Crippen LogP contribution is 2.64. The molecule has 404 valence electrons. The highest BCUT2D eigenvalue weighted by molar-refractivity contribution is 7.27. The van der Waals surface area contributed by atoms with Crippen LogP contribution in [-0.2, 0) is 10.8 Å². The molecule has 0 spiro atoms. The van der Waals surface area contributed by atoms with E-state index in [0.717, 1.165) is 12.8 Å². The molecule has 11 aromatic rings. The number of anilines is 10. The highest BCUT2D eigenvalue weighted by Gasteiger charge is 2.60. The molecule has 6 heterocycles. The fourth-order valence-electron chi connectivity index (χ4n) is 18.3. The van der Waals surface area contributed by atoms with Crippen molar-refractivity contribution in [3.05, 3.63) is 197 Å². The van der Waals surface area contributed by atoms with E-state index in [2.05, 4.69) is 240 Å². The van der Waals surface area contributed by atoms with Gasteiger partial charge in [0.1, 0.15) is 0 Å². The predicted octanol–water partition coefficient (Wildman–Crippen LogP) is 19.5. The Hall–Kier alpha value is -7.32. The van der Waals surface area contributed by atoms with Crippen molar-refractivity contribution in [1.29, 1.82) is 0 Å². The predicted molar refractivity (Wildman–Crippen MR) is 356 cm³/mol. The molecule has 9 aromatic carbocycles. The van der Waals surface area contributed by atoms with Gasteiger partial charge in [0.05, 0.1) is 31.9 Å². The summed E-state index contributed by atoms with van der Waals surface area (Å²) in [6, 6.07) is 62.6. The molecule has 4 nitrogen and oxygen atoms in total. The van der Waals surface area contributed by atoms with E-state index in [4.69, 9.17) is 0 Å². The topological polar surface area (TPSA) is 13.0 Å². The second kappa shape index (κ2) is 16.9. The number of hydrogen-bond donors (Lipinski definition) is 0. The highest BCUT2D eigenvalue weighted by atomic mass is 32.1. The van der Waals surface area contributed by atoms with Gasteiger partial charge in [-0.05, 0) is 202 Å². The Morgan fingerprint density at radius 2 is 0.780 bits per heavy atom. The molecule has 0 radical (unpaired) electrons. The number of hydrogen-bond acceptors (Lipinski definition) is 6. The quantitative estimate of drug-likeness (QED) is 0.163. The molecular formula is C75H69BN4S2. The minimum absolute atomic E-state index is 0.0232. The number of fused-ring (bicyclic) bond motifs is 16. The van der Waals surface area contributed by atoms with Crippen molar-refractivity contribution < 1.29 is 0 Å². The van der Waals surface area contributed by atoms with Crippen molar-refractivity contribution in [2.75, 3.05) is 19.6 Å². The Labute approximate surface area is 491 Å². The maximum absolute atomic E-state index is 2.82. The minimum Gasteiger partial charge on any atom is -0.334 e. The van der Waals surface area contributed by atoms with Gasteiger partial charge in [0, 0.05) is 87.3 Å². The van der Waals surface area contributed by atoms with Crippen molar-refractivity contribution in [3.8, 4) is 0 Å². The van der Waals surface area contributed by atoms with E-state index < -0.39 is 0 Å². The van der Waals surface area contributed by atoms with Gasteiger partial charge < -0.3 is 19.6 Å². The summed E-state index contributed by atoms with van der Waals surface area (Å²) in [7, 11) is 0. The Morgan fingerprint density at radius 3 is 1.24 bits per heavy atom. The summed E-state index contributed by atoms with van der Waals surface area (Å²) in [6.45, 7) is 22.0. The van der Waals surface area contributed by atoms with E-state index >= 15 is 0 Å². The fraction of sp³-hybridized carbons (Fsp3) is 0.280. The molecule has 2 aromatic heterocycles. The summed E-state index contributed by atoms with van der Waals surface area (Å²) in [4.78, 5) is 11.1. The first kappa shape index (κ1) is 49.3. The lowest BCUT2D eigenvalue weighted by Crippen LogP contribution is -2.61. The molecule has 4 unspecified atom stereocenters. The molecule has 2 fully saturated rings. The Balaban J connectivity index is 0.967. The zero-order valence-corrected chi connectivity index (χ0v) is 50.5. The van der Waals surface area contributed by atoms with E-state index in [-0.39, 0.29) is 28.6 Å². The van der Waals surface area contributed by atoms with Crippen LogP contribution in [0, 0.1) is 34.6 Å². The van der Waals surface area contributed by atoms with Crippen LogP contribution in [-0.4, -0.2) is 17.8 Å². The van der Waals surface area contributed by atoms with E-state index in [0.29, 0.717) is 0 Å². The number of aryl methyl sites for hydroxylation is 5. The van der Waals surface area contributed by atoms with Crippen LogP contribution in [0.5, 0.6) is 0 Å².